The molecule has 2 amide bonds. The van der Waals surface area contributed by atoms with Gasteiger partial charge in [0, 0.05) is 0 Å². The Labute approximate surface area is 171 Å². The van der Waals surface area contributed by atoms with Gasteiger partial charge < -0.3 is 19.4 Å². The minimum Gasteiger partial charge on any atom is -0.450 e. The minimum absolute atomic E-state index is 0.281. The summed E-state index contributed by atoms with van der Waals surface area (Å²) in [7, 11) is 0. The molecular weight excluding hydrogens is 388 g/mol. The van der Waals surface area contributed by atoms with Crippen molar-refractivity contribution in [2.45, 2.75) is 13.8 Å². The molecule has 2 heterocycles. The topological polar surface area (TPSA) is 134 Å². The number of hydrogen-bond donors (Lipinski definition) is 4. The Morgan fingerprint density at radius 1 is 0.800 bits per heavy atom. The van der Waals surface area contributed by atoms with Crippen LogP contribution in [0.25, 0.3) is 33.2 Å². The number of aromatic amines is 2. The Kier molecular flexibility index (Phi) is 5.21. The average Bonchev–Trinajstić information content (AvgIpc) is 3.29. The lowest BCUT2D eigenvalue weighted by Gasteiger charge is -2.01. The fourth-order valence-corrected chi connectivity index (χ4v) is 3.02. The van der Waals surface area contributed by atoms with E-state index in [2.05, 4.69) is 30.6 Å². The van der Waals surface area contributed by atoms with E-state index in [4.69, 9.17) is 9.47 Å². The Morgan fingerprint density at radius 3 is 1.63 bits per heavy atom. The van der Waals surface area contributed by atoms with Gasteiger partial charge in [0.2, 0.25) is 11.9 Å². The predicted molar refractivity (Wildman–Crippen MR) is 112 cm³/mol. The average molecular weight is 408 g/mol. The van der Waals surface area contributed by atoms with E-state index in [1.54, 1.807) is 13.8 Å². The molecule has 0 fully saturated rings. The number of carbonyl (C=O) groups is 2. The first kappa shape index (κ1) is 19.2. The third-order valence-electron chi connectivity index (χ3n) is 4.29. The van der Waals surface area contributed by atoms with Gasteiger partial charge >= 0.3 is 12.2 Å². The smallest absolute Gasteiger partial charge is 0.413 e. The summed E-state index contributed by atoms with van der Waals surface area (Å²) in [6, 6.07) is 11.5. The molecule has 4 N–H and O–H groups in total. The molecule has 0 aliphatic rings. The maximum absolute atomic E-state index is 11.6. The summed E-state index contributed by atoms with van der Waals surface area (Å²) in [6.45, 7) is 4.03. The summed E-state index contributed by atoms with van der Waals surface area (Å²) < 4.78 is 9.72. The van der Waals surface area contributed by atoms with Crippen LogP contribution in [0, 0.1) is 0 Å². The summed E-state index contributed by atoms with van der Waals surface area (Å²) >= 11 is 0. The summed E-state index contributed by atoms with van der Waals surface area (Å²) in [5.41, 5.74) is 4.83. The number of fused-ring (bicyclic) bond motifs is 2. The van der Waals surface area contributed by atoms with Gasteiger partial charge in [-0.15, -0.1) is 0 Å². The van der Waals surface area contributed by atoms with Crippen molar-refractivity contribution in [1.82, 2.24) is 19.9 Å². The number of nitrogens with zero attached hydrogens (tertiary/aromatic N) is 2. The van der Waals surface area contributed by atoms with Crippen molar-refractivity contribution in [2.24, 2.45) is 0 Å². The minimum atomic E-state index is -0.562. The molecule has 2 aromatic heterocycles. The fourth-order valence-electron chi connectivity index (χ4n) is 3.02. The van der Waals surface area contributed by atoms with Crippen LogP contribution >= 0.6 is 0 Å². The highest BCUT2D eigenvalue weighted by molar-refractivity contribution is 5.91. The number of H-pyrrole nitrogens is 2. The van der Waals surface area contributed by atoms with Crippen molar-refractivity contribution < 1.29 is 19.1 Å². The molecule has 0 saturated carbocycles. The Balaban J connectivity index is 1.59. The normalized spacial score (nSPS) is 10.9. The summed E-state index contributed by atoms with van der Waals surface area (Å²) in [5, 5.41) is 5.11. The largest absolute Gasteiger partial charge is 0.450 e. The number of imidazole rings is 2. The summed E-state index contributed by atoms with van der Waals surface area (Å²) in [4.78, 5) is 38.0. The molecule has 0 aliphatic heterocycles. The van der Waals surface area contributed by atoms with Crippen molar-refractivity contribution in [3.63, 3.8) is 0 Å². The second-order valence-electron chi connectivity index (χ2n) is 6.33. The van der Waals surface area contributed by atoms with Crippen LogP contribution in [0.5, 0.6) is 0 Å². The van der Waals surface area contributed by atoms with E-state index in [0.717, 1.165) is 22.2 Å². The van der Waals surface area contributed by atoms with E-state index in [1.807, 2.05) is 36.4 Å². The Hall–Kier alpha value is -4.08. The monoisotopic (exact) mass is 408 g/mol. The number of carbonyl (C=O) groups excluding carboxylic acids is 2. The van der Waals surface area contributed by atoms with Crippen molar-refractivity contribution in [3.05, 3.63) is 36.4 Å². The highest BCUT2D eigenvalue weighted by Gasteiger charge is 2.11. The van der Waals surface area contributed by atoms with Crippen LogP contribution in [0.1, 0.15) is 13.8 Å². The molecule has 0 unspecified atom stereocenters. The van der Waals surface area contributed by atoms with Crippen LogP contribution in [0.2, 0.25) is 0 Å². The number of aromatic nitrogens is 4. The first-order valence-corrected chi connectivity index (χ1v) is 9.43. The van der Waals surface area contributed by atoms with Gasteiger partial charge in [0.25, 0.3) is 0 Å². The number of ether oxygens (including phenoxy) is 2. The quantitative estimate of drug-likeness (QED) is 0.390. The molecule has 2 aromatic carbocycles. The van der Waals surface area contributed by atoms with Gasteiger partial charge in [0.05, 0.1) is 35.3 Å². The zero-order valence-corrected chi connectivity index (χ0v) is 16.4. The zero-order valence-electron chi connectivity index (χ0n) is 16.4. The van der Waals surface area contributed by atoms with E-state index in [1.165, 1.54) is 0 Å². The number of rotatable bonds is 5. The van der Waals surface area contributed by atoms with Gasteiger partial charge in [-0.3, -0.25) is 10.6 Å². The van der Waals surface area contributed by atoms with Gasteiger partial charge in [-0.05, 0) is 49.2 Å². The number of benzene rings is 2. The lowest BCUT2D eigenvalue weighted by molar-refractivity contribution is 0.166. The number of amides is 2. The molecule has 154 valence electrons. The maximum atomic E-state index is 11.6. The third kappa shape index (κ3) is 4.02. The van der Waals surface area contributed by atoms with Crippen molar-refractivity contribution in [3.8, 4) is 11.1 Å². The second kappa shape index (κ2) is 8.11. The number of nitrogens with one attached hydrogen (secondary N) is 4. The number of hydrogen-bond acceptors (Lipinski definition) is 6. The van der Waals surface area contributed by atoms with E-state index in [0.29, 0.717) is 22.9 Å². The lowest BCUT2D eigenvalue weighted by atomic mass is 10.0. The van der Waals surface area contributed by atoms with E-state index < -0.39 is 12.2 Å². The number of anilines is 2. The molecule has 0 bridgehead atoms. The molecule has 0 aliphatic carbocycles. The molecule has 10 nitrogen and oxygen atoms in total. The molecule has 4 rings (SSSR count). The highest BCUT2D eigenvalue weighted by atomic mass is 16.6. The van der Waals surface area contributed by atoms with Crippen LogP contribution < -0.4 is 10.6 Å². The van der Waals surface area contributed by atoms with E-state index >= 15 is 0 Å². The Morgan fingerprint density at radius 2 is 1.23 bits per heavy atom. The van der Waals surface area contributed by atoms with Gasteiger partial charge in [0.1, 0.15) is 0 Å². The SMILES string of the molecule is CCOC(=O)Nc1nc2cc(-c3ccc4[nH]c(NC(=O)OCC)nc4c3)ccc2[nH]1. The molecule has 0 atom stereocenters. The van der Waals surface area contributed by atoms with Crippen molar-refractivity contribution >= 4 is 46.1 Å². The summed E-state index contributed by atoms with van der Waals surface area (Å²) in [5.74, 6) is 0.635. The van der Waals surface area contributed by atoms with Crippen LogP contribution in [-0.2, 0) is 9.47 Å². The molecule has 10 heteroatoms. The molecule has 0 saturated heterocycles. The van der Waals surface area contributed by atoms with Gasteiger partial charge in [-0.1, -0.05) is 12.1 Å². The summed E-state index contributed by atoms with van der Waals surface area (Å²) in [6.07, 6.45) is -1.12. The molecular formula is C20H20N6O4. The predicted octanol–water partition coefficient (Wildman–Crippen LogP) is 4.24. The van der Waals surface area contributed by atoms with Crippen LogP contribution in [0.4, 0.5) is 21.5 Å². The first-order chi connectivity index (χ1) is 14.6. The third-order valence-corrected chi connectivity index (χ3v) is 4.29. The van der Waals surface area contributed by atoms with Gasteiger partial charge in [0.15, 0.2) is 0 Å². The van der Waals surface area contributed by atoms with Crippen molar-refractivity contribution in [1.29, 1.82) is 0 Å². The molecule has 30 heavy (non-hydrogen) atoms. The second-order valence-corrected chi connectivity index (χ2v) is 6.33. The highest BCUT2D eigenvalue weighted by Crippen LogP contribution is 2.27. The van der Waals surface area contributed by atoms with Gasteiger partial charge in [-0.2, -0.15) is 0 Å². The zero-order chi connectivity index (χ0) is 21.1. The van der Waals surface area contributed by atoms with Crippen LogP contribution in [0.3, 0.4) is 0 Å². The molecule has 0 spiro atoms. The fraction of sp³-hybridized carbons (Fsp3) is 0.200. The molecule has 4 aromatic rings. The van der Waals surface area contributed by atoms with E-state index in [9.17, 15) is 9.59 Å². The van der Waals surface area contributed by atoms with Crippen LogP contribution in [-0.4, -0.2) is 45.3 Å². The standard InChI is InChI=1S/C20H20N6O4/c1-3-29-19(27)25-17-21-13-7-5-11(9-15(13)23-17)12-6-8-14-16(10-12)24-18(22-14)26-20(28)30-4-2/h5-10H,3-4H2,1-2H3,(H2,21,23,25,27)(H2,22,24,26,28). The van der Waals surface area contributed by atoms with Crippen LogP contribution in [0.15, 0.2) is 36.4 Å². The molecule has 0 radical (unpaired) electrons. The van der Waals surface area contributed by atoms with Gasteiger partial charge in [-0.25, -0.2) is 19.6 Å². The first-order valence-electron chi connectivity index (χ1n) is 9.43. The maximum Gasteiger partial charge on any atom is 0.413 e. The van der Waals surface area contributed by atoms with E-state index in [-0.39, 0.29) is 13.2 Å². The lowest BCUT2D eigenvalue weighted by Crippen LogP contribution is -2.14. The van der Waals surface area contributed by atoms with Crippen molar-refractivity contribution in [2.75, 3.05) is 23.8 Å². The Bertz CT molecular complexity index is 1130.